The molecule has 1 aromatic rings. The summed E-state index contributed by atoms with van der Waals surface area (Å²) in [6.07, 6.45) is 3.65. The number of hydrogen-bond donors (Lipinski definition) is 1. The van der Waals surface area contributed by atoms with E-state index in [-0.39, 0.29) is 0 Å². The summed E-state index contributed by atoms with van der Waals surface area (Å²) in [4.78, 5) is 2.39. The van der Waals surface area contributed by atoms with Gasteiger partial charge in [-0.3, -0.25) is 4.90 Å². The number of hydrogen-bond acceptors (Lipinski definition) is 3. The van der Waals surface area contributed by atoms with Crippen LogP contribution in [0.5, 0.6) is 0 Å². The predicted octanol–water partition coefficient (Wildman–Crippen LogP) is 3.19. The lowest BCUT2D eigenvalue weighted by Gasteiger charge is -2.27. The van der Waals surface area contributed by atoms with Crippen LogP contribution in [0.25, 0.3) is 0 Å². The van der Waals surface area contributed by atoms with Crippen molar-refractivity contribution in [1.29, 1.82) is 0 Å². The SMILES string of the molecule is CCCNCC(CCC)N(C)Cc1ccc(C)o1. The zero-order valence-corrected chi connectivity index (χ0v) is 12.3. The van der Waals surface area contributed by atoms with Gasteiger partial charge in [-0.15, -0.1) is 0 Å². The van der Waals surface area contributed by atoms with Crippen molar-refractivity contribution < 1.29 is 4.42 Å². The summed E-state index contributed by atoms with van der Waals surface area (Å²) < 4.78 is 5.65. The summed E-state index contributed by atoms with van der Waals surface area (Å²) in [7, 11) is 2.19. The predicted molar refractivity (Wildman–Crippen MR) is 76.8 cm³/mol. The zero-order valence-electron chi connectivity index (χ0n) is 12.3. The number of furan rings is 1. The van der Waals surface area contributed by atoms with Gasteiger partial charge in [0.25, 0.3) is 0 Å². The Morgan fingerprint density at radius 2 is 2.06 bits per heavy atom. The van der Waals surface area contributed by atoms with Gasteiger partial charge in [0, 0.05) is 12.6 Å². The highest BCUT2D eigenvalue weighted by atomic mass is 16.3. The summed E-state index contributed by atoms with van der Waals surface area (Å²) in [5.74, 6) is 2.06. The van der Waals surface area contributed by atoms with Gasteiger partial charge < -0.3 is 9.73 Å². The van der Waals surface area contributed by atoms with Gasteiger partial charge in [-0.2, -0.15) is 0 Å². The number of aryl methyl sites for hydroxylation is 1. The van der Waals surface area contributed by atoms with Crippen molar-refractivity contribution in [3.63, 3.8) is 0 Å². The Labute approximate surface area is 112 Å². The first-order valence-electron chi connectivity index (χ1n) is 7.13. The minimum Gasteiger partial charge on any atom is -0.465 e. The van der Waals surface area contributed by atoms with Crippen LogP contribution in [-0.4, -0.2) is 31.1 Å². The van der Waals surface area contributed by atoms with Gasteiger partial charge in [0.15, 0.2) is 0 Å². The average molecular weight is 252 g/mol. The molecular weight excluding hydrogens is 224 g/mol. The maximum atomic E-state index is 5.65. The highest BCUT2D eigenvalue weighted by Crippen LogP contribution is 2.12. The molecular formula is C15H28N2O. The van der Waals surface area contributed by atoms with E-state index in [2.05, 4.69) is 37.2 Å². The van der Waals surface area contributed by atoms with Crippen LogP contribution in [0.4, 0.5) is 0 Å². The molecule has 1 atom stereocenters. The maximum Gasteiger partial charge on any atom is 0.118 e. The van der Waals surface area contributed by atoms with Crippen molar-refractivity contribution >= 4 is 0 Å². The quantitative estimate of drug-likeness (QED) is 0.684. The lowest BCUT2D eigenvalue weighted by molar-refractivity contribution is 0.199. The van der Waals surface area contributed by atoms with Gasteiger partial charge >= 0.3 is 0 Å². The summed E-state index contributed by atoms with van der Waals surface area (Å²) >= 11 is 0. The van der Waals surface area contributed by atoms with Crippen LogP contribution in [0.3, 0.4) is 0 Å². The molecule has 3 nitrogen and oxygen atoms in total. The molecule has 0 fully saturated rings. The van der Waals surface area contributed by atoms with Crippen LogP contribution in [-0.2, 0) is 6.54 Å². The van der Waals surface area contributed by atoms with Crippen LogP contribution in [0.2, 0.25) is 0 Å². The number of nitrogens with one attached hydrogen (secondary N) is 1. The van der Waals surface area contributed by atoms with E-state index in [9.17, 15) is 0 Å². The van der Waals surface area contributed by atoms with Crippen LogP contribution in [0, 0.1) is 6.92 Å². The molecule has 0 saturated heterocycles. The number of nitrogens with zero attached hydrogens (tertiary/aromatic N) is 1. The first-order chi connectivity index (χ1) is 8.67. The molecule has 1 unspecified atom stereocenters. The van der Waals surface area contributed by atoms with Crippen LogP contribution in [0.15, 0.2) is 16.5 Å². The Balaban J connectivity index is 2.44. The van der Waals surface area contributed by atoms with Gasteiger partial charge in [-0.05, 0) is 45.5 Å². The van der Waals surface area contributed by atoms with Crippen molar-refractivity contribution in [3.8, 4) is 0 Å². The normalized spacial score (nSPS) is 13.2. The topological polar surface area (TPSA) is 28.4 Å². The molecule has 0 aliphatic rings. The Morgan fingerprint density at radius 3 is 2.61 bits per heavy atom. The van der Waals surface area contributed by atoms with Crippen LogP contribution in [0.1, 0.15) is 44.6 Å². The van der Waals surface area contributed by atoms with Crippen molar-refractivity contribution in [3.05, 3.63) is 23.7 Å². The van der Waals surface area contributed by atoms with Crippen LogP contribution < -0.4 is 5.32 Å². The van der Waals surface area contributed by atoms with E-state index in [4.69, 9.17) is 4.42 Å². The molecule has 1 heterocycles. The molecule has 18 heavy (non-hydrogen) atoms. The Morgan fingerprint density at radius 1 is 1.28 bits per heavy atom. The fourth-order valence-corrected chi connectivity index (χ4v) is 2.20. The fourth-order valence-electron chi connectivity index (χ4n) is 2.20. The molecule has 0 aromatic carbocycles. The summed E-state index contributed by atoms with van der Waals surface area (Å²) in [6.45, 7) is 9.52. The molecule has 0 spiro atoms. The van der Waals surface area contributed by atoms with Gasteiger partial charge in [-0.25, -0.2) is 0 Å². The first-order valence-corrected chi connectivity index (χ1v) is 7.13. The molecule has 0 saturated carbocycles. The summed E-state index contributed by atoms with van der Waals surface area (Å²) in [6, 6.07) is 4.70. The Kier molecular flexibility index (Phi) is 7.06. The van der Waals surface area contributed by atoms with E-state index in [0.29, 0.717) is 6.04 Å². The second kappa shape index (κ2) is 8.33. The van der Waals surface area contributed by atoms with Gasteiger partial charge in [0.05, 0.1) is 6.54 Å². The molecule has 104 valence electrons. The third kappa shape index (κ3) is 5.23. The minimum absolute atomic E-state index is 0.590. The zero-order chi connectivity index (χ0) is 13.4. The molecule has 1 N–H and O–H groups in total. The standard InChI is InChI=1S/C15H28N2O/c1-5-7-14(11-16-10-6-2)17(4)12-15-9-8-13(3)18-15/h8-9,14,16H,5-7,10-12H2,1-4H3. The van der Waals surface area contributed by atoms with Crippen molar-refractivity contribution in [2.75, 3.05) is 20.1 Å². The fraction of sp³-hybridized carbons (Fsp3) is 0.733. The lowest BCUT2D eigenvalue weighted by atomic mass is 10.1. The first kappa shape index (κ1) is 15.3. The number of likely N-dealkylation sites (N-methyl/N-ethyl adjacent to an activating group) is 1. The molecule has 0 amide bonds. The molecule has 0 bridgehead atoms. The average Bonchev–Trinajstić information content (AvgIpc) is 2.74. The summed E-state index contributed by atoms with van der Waals surface area (Å²) in [5, 5.41) is 3.52. The second-order valence-corrected chi connectivity index (χ2v) is 5.07. The smallest absolute Gasteiger partial charge is 0.118 e. The summed E-state index contributed by atoms with van der Waals surface area (Å²) in [5.41, 5.74) is 0. The monoisotopic (exact) mass is 252 g/mol. The highest BCUT2D eigenvalue weighted by Gasteiger charge is 2.14. The number of rotatable bonds is 9. The Hall–Kier alpha value is -0.800. The molecule has 1 rings (SSSR count). The molecule has 0 aliphatic heterocycles. The largest absolute Gasteiger partial charge is 0.465 e. The molecule has 0 aliphatic carbocycles. The van der Waals surface area contributed by atoms with Crippen molar-refractivity contribution in [1.82, 2.24) is 10.2 Å². The minimum atomic E-state index is 0.590. The second-order valence-electron chi connectivity index (χ2n) is 5.07. The molecule has 1 aromatic heterocycles. The van der Waals surface area contributed by atoms with Crippen LogP contribution >= 0.6 is 0 Å². The maximum absolute atomic E-state index is 5.65. The van der Waals surface area contributed by atoms with E-state index in [0.717, 1.165) is 31.2 Å². The van der Waals surface area contributed by atoms with E-state index >= 15 is 0 Å². The van der Waals surface area contributed by atoms with E-state index in [1.54, 1.807) is 0 Å². The third-order valence-electron chi connectivity index (χ3n) is 3.25. The van der Waals surface area contributed by atoms with Gasteiger partial charge in [0.1, 0.15) is 11.5 Å². The third-order valence-corrected chi connectivity index (χ3v) is 3.25. The van der Waals surface area contributed by atoms with E-state index in [1.165, 1.54) is 19.3 Å². The van der Waals surface area contributed by atoms with Gasteiger partial charge in [0.2, 0.25) is 0 Å². The van der Waals surface area contributed by atoms with E-state index in [1.807, 2.05) is 13.0 Å². The van der Waals surface area contributed by atoms with Crippen molar-refractivity contribution in [2.45, 2.75) is 52.6 Å². The van der Waals surface area contributed by atoms with Crippen molar-refractivity contribution in [2.24, 2.45) is 0 Å². The Bertz CT molecular complexity index is 322. The highest BCUT2D eigenvalue weighted by molar-refractivity contribution is 5.05. The lowest BCUT2D eigenvalue weighted by Crippen LogP contribution is -2.39. The van der Waals surface area contributed by atoms with Gasteiger partial charge in [-0.1, -0.05) is 20.3 Å². The molecule has 0 radical (unpaired) electrons. The van der Waals surface area contributed by atoms with E-state index < -0.39 is 0 Å². The molecule has 3 heteroatoms.